The van der Waals surface area contributed by atoms with Crippen LogP contribution in [0.2, 0.25) is 0 Å². The summed E-state index contributed by atoms with van der Waals surface area (Å²) in [7, 11) is 3.35. The SMILES string of the molecule is Cc1c(/C=C2/SC(=S)N(C)C2=O)c(N2CC[NH+](Cc3ccccc3)CC2)n(C)c(=O)c1C#N. The van der Waals surface area contributed by atoms with Crippen molar-refractivity contribution in [2.75, 3.05) is 38.1 Å². The zero-order valence-electron chi connectivity index (χ0n) is 18.9. The van der Waals surface area contributed by atoms with Gasteiger partial charge >= 0.3 is 0 Å². The van der Waals surface area contributed by atoms with E-state index in [4.69, 9.17) is 12.2 Å². The monoisotopic (exact) mass is 480 g/mol. The van der Waals surface area contributed by atoms with E-state index in [-0.39, 0.29) is 17.0 Å². The van der Waals surface area contributed by atoms with Crippen LogP contribution < -0.4 is 15.4 Å². The molecule has 2 aliphatic rings. The first kappa shape index (κ1) is 23.2. The van der Waals surface area contributed by atoms with Crippen molar-refractivity contribution >= 4 is 46.1 Å². The number of nitrogens with zero attached hydrogens (tertiary/aromatic N) is 4. The molecule has 0 spiro atoms. The van der Waals surface area contributed by atoms with Crippen LogP contribution in [0.1, 0.15) is 22.3 Å². The van der Waals surface area contributed by atoms with E-state index in [2.05, 4.69) is 29.2 Å². The lowest BCUT2D eigenvalue weighted by Gasteiger charge is -2.35. The number of piperazine rings is 1. The number of benzene rings is 1. The van der Waals surface area contributed by atoms with Crippen molar-refractivity contribution in [1.82, 2.24) is 9.47 Å². The van der Waals surface area contributed by atoms with Crippen LogP contribution in [0.15, 0.2) is 40.0 Å². The zero-order chi connectivity index (χ0) is 23.7. The molecule has 9 heteroatoms. The molecule has 1 aromatic heterocycles. The van der Waals surface area contributed by atoms with Crippen molar-refractivity contribution in [3.8, 4) is 6.07 Å². The van der Waals surface area contributed by atoms with Crippen molar-refractivity contribution in [3.63, 3.8) is 0 Å². The number of nitrogens with one attached hydrogen (secondary N) is 1. The summed E-state index contributed by atoms with van der Waals surface area (Å²) in [5.74, 6) is 0.580. The minimum absolute atomic E-state index is 0.104. The van der Waals surface area contributed by atoms with Gasteiger partial charge in [0.25, 0.3) is 11.5 Å². The van der Waals surface area contributed by atoms with E-state index in [1.165, 1.54) is 27.1 Å². The maximum Gasteiger partial charge on any atom is 0.270 e. The lowest BCUT2D eigenvalue weighted by molar-refractivity contribution is -0.914. The first-order valence-electron chi connectivity index (χ1n) is 10.8. The molecular weight excluding hydrogens is 454 g/mol. The molecule has 2 saturated heterocycles. The summed E-state index contributed by atoms with van der Waals surface area (Å²) < 4.78 is 2.04. The molecule has 1 aromatic carbocycles. The molecule has 7 nitrogen and oxygen atoms in total. The predicted octanol–water partition coefficient (Wildman–Crippen LogP) is 1.30. The summed E-state index contributed by atoms with van der Waals surface area (Å²) in [5, 5.41) is 9.62. The lowest BCUT2D eigenvalue weighted by Crippen LogP contribution is -3.13. The number of anilines is 1. The Morgan fingerprint density at radius 3 is 2.42 bits per heavy atom. The Labute approximate surface area is 202 Å². The van der Waals surface area contributed by atoms with Crippen LogP contribution >= 0.6 is 24.0 Å². The quantitative estimate of drug-likeness (QED) is 0.525. The Balaban J connectivity index is 1.68. The Hall–Kier alpha value is -2.93. The third-order valence-electron chi connectivity index (χ3n) is 6.30. The Bertz CT molecular complexity index is 1240. The number of quaternary nitrogens is 1. The molecule has 33 heavy (non-hydrogen) atoms. The standard InChI is InChI=1S/C24H25N5O2S2/c1-16-18(13-20-23(31)27(3)24(32)33-20)21(26(2)22(30)19(16)14-25)29-11-9-28(10-12-29)15-17-7-5-4-6-8-17/h4-8,13H,9-12,15H2,1-3H3/p+1/b20-13+. The molecule has 1 amide bonds. The number of rotatable bonds is 4. The van der Waals surface area contributed by atoms with Crippen molar-refractivity contribution in [1.29, 1.82) is 5.26 Å². The summed E-state index contributed by atoms with van der Waals surface area (Å²) in [5.41, 5.74) is 2.42. The normalized spacial score (nSPS) is 18.3. The van der Waals surface area contributed by atoms with Crippen LogP contribution in [0, 0.1) is 18.3 Å². The Morgan fingerprint density at radius 2 is 1.85 bits per heavy atom. The van der Waals surface area contributed by atoms with Gasteiger partial charge in [-0.15, -0.1) is 0 Å². The van der Waals surface area contributed by atoms with Gasteiger partial charge in [-0.1, -0.05) is 54.3 Å². The molecule has 0 unspecified atom stereocenters. The maximum absolute atomic E-state index is 12.9. The van der Waals surface area contributed by atoms with Gasteiger partial charge in [0.15, 0.2) is 0 Å². The van der Waals surface area contributed by atoms with Crippen LogP contribution in [0.25, 0.3) is 6.08 Å². The first-order chi connectivity index (χ1) is 15.8. The molecule has 2 fully saturated rings. The third kappa shape index (κ3) is 4.47. The number of amides is 1. The van der Waals surface area contributed by atoms with Crippen LogP contribution in [0.3, 0.4) is 0 Å². The average Bonchev–Trinajstić information content (AvgIpc) is 3.06. The van der Waals surface area contributed by atoms with E-state index in [1.807, 2.05) is 12.1 Å². The van der Waals surface area contributed by atoms with Gasteiger partial charge in [-0.05, 0) is 18.6 Å². The van der Waals surface area contributed by atoms with Gasteiger partial charge in [-0.3, -0.25) is 19.1 Å². The first-order valence-corrected chi connectivity index (χ1v) is 12.0. The fourth-order valence-corrected chi connectivity index (χ4v) is 5.53. The highest BCUT2D eigenvalue weighted by atomic mass is 32.2. The van der Waals surface area contributed by atoms with Gasteiger partial charge in [-0.2, -0.15) is 5.26 Å². The topological polar surface area (TPSA) is 73.8 Å². The number of likely N-dealkylation sites (N-methyl/N-ethyl adjacent to an activating group) is 1. The second-order valence-electron chi connectivity index (χ2n) is 8.35. The minimum atomic E-state index is -0.316. The van der Waals surface area contributed by atoms with E-state index in [9.17, 15) is 14.9 Å². The molecule has 3 heterocycles. The summed E-state index contributed by atoms with van der Waals surface area (Å²) >= 11 is 6.51. The van der Waals surface area contributed by atoms with Gasteiger partial charge in [0.1, 0.15) is 28.3 Å². The number of carbonyl (C=O) groups is 1. The molecule has 4 rings (SSSR count). The van der Waals surface area contributed by atoms with E-state index < -0.39 is 0 Å². The Kier molecular flexibility index (Phi) is 6.70. The fraction of sp³-hybridized carbons (Fsp3) is 0.333. The fourth-order valence-electron chi connectivity index (χ4n) is 4.37. The molecule has 2 aromatic rings. The number of aromatic nitrogens is 1. The lowest BCUT2D eigenvalue weighted by atomic mass is 10.0. The van der Waals surface area contributed by atoms with E-state index in [1.54, 1.807) is 31.7 Å². The number of carbonyl (C=O) groups excluding carboxylic acids is 1. The summed E-state index contributed by atoms with van der Waals surface area (Å²) in [4.78, 5) is 31.2. The molecule has 0 atom stereocenters. The summed E-state index contributed by atoms with van der Waals surface area (Å²) in [6.07, 6.45) is 1.79. The van der Waals surface area contributed by atoms with Crippen molar-refractivity contribution in [3.05, 3.63) is 67.8 Å². The van der Waals surface area contributed by atoms with Gasteiger partial charge in [-0.25, -0.2) is 0 Å². The molecule has 0 bridgehead atoms. The second-order valence-corrected chi connectivity index (χ2v) is 10.0. The van der Waals surface area contributed by atoms with Crippen molar-refractivity contribution in [2.24, 2.45) is 7.05 Å². The van der Waals surface area contributed by atoms with Crippen LogP contribution in [-0.4, -0.2) is 52.9 Å². The van der Waals surface area contributed by atoms with Crippen molar-refractivity contribution < 1.29 is 9.69 Å². The summed E-state index contributed by atoms with van der Waals surface area (Å²) in [6, 6.07) is 12.5. The van der Waals surface area contributed by atoms with Gasteiger partial charge in [0, 0.05) is 25.2 Å². The number of hydrogen-bond acceptors (Lipinski definition) is 6. The molecule has 170 valence electrons. The molecular formula is C24H26N5O2S2+. The molecule has 0 radical (unpaired) electrons. The number of pyridine rings is 1. The van der Waals surface area contributed by atoms with Gasteiger partial charge in [0.2, 0.25) is 0 Å². The number of thioether (sulfide) groups is 1. The van der Waals surface area contributed by atoms with E-state index >= 15 is 0 Å². The molecule has 0 saturated carbocycles. The number of thiocarbonyl (C=S) groups is 1. The van der Waals surface area contributed by atoms with Crippen molar-refractivity contribution in [2.45, 2.75) is 13.5 Å². The van der Waals surface area contributed by atoms with E-state index in [0.717, 1.165) is 44.1 Å². The average molecular weight is 481 g/mol. The minimum Gasteiger partial charge on any atom is -0.346 e. The number of hydrogen-bond donors (Lipinski definition) is 1. The maximum atomic E-state index is 12.9. The highest BCUT2D eigenvalue weighted by Gasteiger charge is 2.31. The Morgan fingerprint density at radius 1 is 1.18 bits per heavy atom. The van der Waals surface area contributed by atoms with Crippen LogP contribution in [0.4, 0.5) is 5.82 Å². The highest BCUT2D eigenvalue weighted by molar-refractivity contribution is 8.26. The van der Waals surface area contributed by atoms with Crippen LogP contribution in [0.5, 0.6) is 0 Å². The number of nitriles is 1. The highest BCUT2D eigenvalue weighted by Crippen LogP contribution is 2.34. The third-order valence-corrected chi connectivity index (χ3v) is 7.78. The van der Waals surface area contributed by atoms with E-state index in [0.29, 0.717) is 14.8 Å². The van der Waals surface area contributed by atoms with Crippen LogP contribution in [-0.2, 0) is 18.4 Å². The molecule has 0 aliphatic carbocycles. The predicted molar refractivity (Wildman–Crippen MR) is 135 cm³/mol. The smallest absolute Gasteiger partial charge is 0.270 e. The largest absolute Gasteiger partial charge is 0.346 e. The summed E-state index contributed by atoms with van der Waals surface area (Å²) in [6.45, 7) is 6.15. The van der Waals surface area contributed by atoms with Gasteiger partial charge in [0.05, 0.1) is 31.1 Å². The second kappa shape index (κ2) is 9.51. The molecule has 2 aliphatic heterocycles. The zero-order valence-corrected chi connectivity index (χ0v) is 20.6. The van der Waals surface area contributed by atoms with Gasteiger partial charge < -0.3 is 9.80 Å². The molecule has 1 N–H and O–H groups in total.